The van der Waals surface area contributed by atoms with E-state index in [1.807, 2.05) is 0 Å². The third kappa shape index (κ3) is 6.92. The zero-order valence-electron chi connectivity index (χ0n) is 7.50. The van der Waals surface area contributed by atoms with Crippen molar-refractivity contribution >= 4 is 0 Å². The lowest BCUT2D eigenvalue weighted by molar-refractivity contribution is -0.0639. The molecule has 0 aliphatic rings. The predicted molar refractivity (Wildman–Crippen MR) is 45.8 cm³/mol. The molecule has 0 amide bonds. The average molecular weight is 194 g/mol. The molecule has 0 aliphatic carbocycles. The number of aliphatic hydroxyl groups is 5. The van der Waals surface area contributed by atoms with Gasteiger partial charge in [-0.25, -0.2) is 0 Å². The minimum Gasteiger partial charge on any atom is -0.396 e. The highest BCUT2D eigenvalue weighted by Crippen LogP contribution is 2.08. The molecule has 0 saturated heterocycles. The van der Waals surface area contributed by atoms with E-state index in [2.05, 4.69) is 0 Å². The highest BCUT2D eigenvalue weighted by Gasteiger charge is 2.16. The summed E-state index contributed by atoms with van der Waals surface area (Å²) >= 11 is 0. The van der Waals surface area contributed by atoms with Crippen LogP contribution >= 0.6 is 0 Å². The highest BCUT2D eigenvalue weighted by atomic mass is 16.5. The summed E-state index contributed by atoms with van der Waals surface area (Å²) in [6.07, 6.45) is -2.36. The molecular formula is C8H18O5. The Morgan fingerprint density at radius 1 is 0.769 bits per heavy atom. The summed E-state index contributed by atoms with van der Waals surface area (Å²) in [7, 11) is 0. The minimum absolute atomic E-state index is 0.0214. The van der Waals surface area contributed by atoms with Crippen LogP contribution in [-0.2, 0) is 0 Å². The second-order valence-corrected chi connectivity index (χ2v) is 3.06. The average Bonchev–Trinajstić information content (AvgIpc) is 2.10. The van der Waals surface area contributed by atoms with Gasteiger partial charge in [0.25, 0.3) is 0 Å². The molecule has 0 aliphatic heterocycles. The van der Waals surface area contributed by atoms with Crippen molar-refractivity contribution in [2.75, 3.05) is 6.61 Å². The molecule has 0 aromatic heterocycles. The molecule has 0 aromatic rings. The maximum absolute atomic E-state index is 9.24. The van der Waals surface area contributed by atoms with E-state index in [1.165, 1.54) is 0 Å². The molecule has 5 nitrogen and oxygen atoms in total. The highest BCUT2D eigenvalue weighted by molar-refractivity contribution is 4.67. The second kappa shape index (κ2) is 7.23. The topological polar surface area (TPSA) is 101 Å². The van der Waals surface area contributed by atoms with Crippen LogP contribution in [0, 0.1) is 0 Å². The van der Waals surface area contributed by atoms with Crippen LogP contribution in [0.3, 0.4) is 0 Å². The first kappa shape index (κ1) is 12.8. The molecule has 0 radical (unpaired) electrons. The van der Waals surface area contributed by atoms with Crippen molar-refractivity contribution < 1.29 is 25.5 Å². The smallest absolute Gasteiger partial charge is 0.151 e. The number of rotatable bonds is 7. The van der Waals surface area contributed by atoms with E-state index >= 15 is 0 Å². The van der Waals surface area contributed by atoms with Gasteiger partial charge in [0.05, 0.1) is 12.2 Å². The molecule has 13 heavy (non-hydrogen) atoms. The maximum atomic E-state index is 9.24. The Morgan fingerprint density at radius 3 is 1.77 bits per heavy atom. The van der Waals surface area contributed by atoms with Crippen LogP contribution in [0.4, 0.5) is 0 Å². The van der Waals surface area contributed by atoms with Gasteiger partial charge in [0, 0.05) is 13.0 Å². The third-order valence-corrected chi connectivity index (χ3v) is 1.82. The summed E-state index contributed by atoms with van der Waals surface area (Å²) in [6.45, 7) is -0.0214. The molecular weight excluding hydrogens is 176 g/mol. The Labute approximate surface area is 77.3 Å². The first-order chi connectivity index (χ1) is 6.07. The zero-order chi connectivity index (χ0) is 10.3. The van der Waals surface area contributed by atoms with Crippen LogP contribution in [0.5, 0.6) is 0 Å². The van der Waals surface area contributed by atoms with Crippen LogP contribution in [0.1, 0.15) is 25.7 Å². The normalized spacial score (nSPS) is 16.2. The lowest BCUT2D eigenvalue weighted by Gasteiger charge is -2.17. The molecule has 0 bridgehead atoms. The fraction of sp³-hybridized carbons (Fsp3) is 1.00. The Bertz CT molecular complexity index is 117. The molecule has 0 rings (SSSR count). The first-order valence-electron chi connectivity index (χ1n) is 4.41. The standard InChI is InChI=1S/C8H18O5/c9-5-1-2-6(10)7(11)3-4-8(12)13/h6-13H,1-5H2. The quantitative estimate of drug-likeness (QED) is 0.320. The van der Waals surface area contributed by atoms with Crippen molar-refractivity contribution in [1.29, 1.82) is 0 Å². The molecule has 0 fully saturated rings. The first-order valence-corrected chi connectivity index (χ1v) is 4.41. The third-order valence-electron chi connectivity index (χ3n) is 1.82. The van der Waals surface area contributed by atoms with Crippen LogP contribution in [0.15, 0.2) is 0 Å². The summed E-state index contributed by atoms with van der Waals surface area (Å²) in [5, 5.41) is 43.9. The van der Waals surface area contributed by atoms with E-state index in [0.29, 0.717) is 12.8 Å². The van der Waals surface area contributed by atoms with E-state index in [4.69, 9.17) is 15.3 Å². The van der Waals surface area contributed by atoms with Gasteiger partial charge >= 0.3 is 0 Å². The maximum Gasteiger partial charge on any atom is 0.151 e. The van der Waals surface area contributed by atoms with E-state index < -0.39 is 18.5 Å². The van der Waals surface area contributed by atoms with E-state index in [1.54, 1.807) is 0 Å². The molecule has 0 aromatic carbocycles. The van der Waals surface area contributed by atoms with Gasteiger partial charge in [-0.3, -0.25) is 0 Å². The van der Waals surface area contributed by atoms with Gasteiger partial charge in [0.15, 0.2) is 6.29 Å². The SMILES string of the molecule is OCCCC(O)C(O)CCC(O)O. The molecule has 0 saturated carbocycles. The lowest BCUT2D eigenvalue weighted by atomic mass is 10.0. The molecule has 2 atom stereocenters. The van der Waals surface area contributed by atoms with Gasteiger partial charge in [0.2, 0.25) is 0 Å². The van der Waals surface area contributed by atoms with Crippen molar-refractivity contribution in [3.05, 3.63) is 0 Å². The Morgan fingerprint density at radius 2 is 1.31 bits per heavy atom. The van der Waals surface area contributed by atoms with Crippen molar-refractivity contribution in [3.8, 4) is 0 Å². The fourth-order valence-corrected chi connectivity index (χ4v) is 1.01. The molecule has 2 unspecified atom stereocenters. The lowest BCUT2D eigenvalue weighted by Crippen LogP contribution is -2.27. The number of hydrogen-bond acceptors (Lipinski definition) is 5. The second-order valence-electron chi connectivity index (χ2n) is 3.06. The number of hydrogen-bond donors (Lipinski definition) is 5. The molecule has 0 spiro atoms. The zero-order valence-corrected chi connectivity index (χ0v) is 7.50. The van der Waals surface area contributed by atoms with E-state index in [-0.39, 0.29) is 19.4 Å². The van der Waals surface area contributed by atoms with Gasteiger partial charge in [0.1, 0.15) is 0 Å². The van der Waals surface area contributed by atoms with Crippen molar-refractivity contribution in [1.82, 2.24) is 0 Å². The largest absolute Gasteiger partial charge is 0.396 e. The minimum atomic E-state index is -1.44. The number of aliphatic hydroxyl groups excluding tert-OH is 4. The van der Waals surface area contributed by atoms with Gasteiger partial charge in [-0.2, -0.15) is 0 Å². The predicted octanol–water partition coefficient (Wildman–Crippen LogP) is -1.43. The van der Waals surface area contributed by atoms with Crippen LogP contribution in [-0.4, -0.2) is 50.6 Å². The van der Waals surface area contributed by atoms with Gasteiger partial charge in [-0.15, -0.1) is 0 Å². The summed E-state index contributed by atoms with van der Waals surface area (Å²) in [5.41, 5.74) is 0. The van der Waals surface area contributed by atoms with Gasteiger partial charge in [-0.05, 0) is 19.3 Å². The molecule has 80 valence electrons. The Hall–Kier alpha value is -0.200. The van der Waals surface area contributed by atoms with Crippen LogP contribution < -0.4 is 0 Å². The summed E-state index contributed by atoms with van der Waals surface area (Å²) in [5.74, 6) is 0. The summed E-state index contributed by atoms with van der Waals surface area (Å²) < 4.78 is 0. The summed E-state index contributed by atoms with van der Waals surface area (Å²) in [6, 6.07) is 0. The van der Waals surface area contributed by atoms with Crippen molar-refractivity contribution in [3.63, 3.8) is 0 Å². The van der Waals surface area contributed by atoms with Crippen molar-refractivity contribution in [2.45, 2.75) is 44.2 Å². The van der Waals surface area contributed by atoms with Crippen molar-refractivity contribution in [2.24, 2.45) is 0 Å². The molecule has 5 N–H and O–H groups in total. The Kier molecular flexibility index (Phi) is 7.12. The summed E-state index contributed by atoms with van der Waals surface area (Å²) in [4.78, 5) is 0. The molecule has 0 heterocycles. The Balaban J connectivity index is 3.50. The molecule has 5 heteroatoms. The van der Waals surface area contributed by atoms with Gasteiger partial charge < -0.3 is 25.5 Å². The van der Waals surface area contributed by atoms with E-state index in [0.717, 1.165) is 0 Å². The van der Waals surface area contributed by atoms with E-state index in [9.17, 15) is 10.2 Å². The van der Waals surface area contributed by atoms with Crippen LogP contribution in [0.25, 0.3) is 0 Å². The van der Waals surface area contributed by atoms with Gasteiger partial charge in [-0.1, -0.05) is 0 Å². The fourth-order valence-electron chi connectivity index (χ4n) is 1.01. The van der Waals surface area contributed by atoms with Crippen LogP contribution in [0.2, 0.25) is 0 Å². The monoisotopic (exact) mass is 194 g/mol.